The maximum absolute atomic E-state index is 12.8. The van der Waals surface area contributed by atoms with Crippen molar-refractivity contribution >= 4 is 38.9 Å². The molecule has 1 saturated heterocycles. The number of carbonyl (C=O) groups excluding carboxylic acids is 1. The van der Waals surface area contributed by atoms with Crippen molar-refractivity contribution in [2.75, 3.05) is 19.7 Å². The van der Waals surface area contributed by atoms with E-state index < -0.39 is 0 Å². The highest BCUT2D eigenvalue weighted by Gasteiger charge is 2.27. The van der Waals surface area contributed by atoms with Crippen LogP contribution in [0.25, 0.3) is 20.7 Å². The quantitative estimate of drug-likeness (QED) is 0.639. The fourth-order valence-electron chi connectivity index (χ4n) is 3.69. The van der Waals surface area contributed by atoms with Crippen LogP contribution in [-0.4, -0.2) is 40.5 Å². The molecule has 1 N–H and O–H groups in total. The fraction of sp³-hybridized carbons (Fsp3) is 0.450. The first-order chi connectivity index (χ1) is 13.5. The lowest BCUT2D eigenvalue weighted by Crippen LogP contribution is -2.39. The van der Waals surface area contributed by atoms with Gasteiger partial charge in [-0.3, -0.25) is 14.5 Å². The van der Waals surface area contributed by atoms with Crippen LogP contribution in [0.5, 0.6) is 0 Å². The van der Waals surface area contributed by atoms with Crippen LogP contribution in [0, 0.1) is 12.8 Å². The zero-order valence-electron chi connectivity index (χ0n) is 16.0. The zero-order valence-corrected chi connectivity index (χ0v) is 17.6. The van der Waals surface area contributed by atoms with E-state index in [1.165, 1.54) is 16.2 Å². The van der Waals surface area contributed by atoms with E-state index in [0.29, 0.717) is 30.9 Å². The number of esters is 1. The monoisotopic (exact) mass is 417 g/mol. The Morgan fingerprint density at radius 1 is 1.43 bits per heavy atom. The van der Waals surface area contributed by atoms with Gasteiger partial charge in [0, 0.05) is 27.2 Å². The van der Waals surface area contributed by atoms with Crippen molar-refractivity contribution in [1.82, 2.24) is 14.9 Å². The molecule has 28 heavy (non-hydrogen) atoms. The summed E-state index contributed by atoms with van der Waals surface area (Å²) in [7, 11) is 0. The summed E-state index contributed by atoms with van der Waals surface area (Å²) in [5, 5.41) is 2.68. The molecule has 0 aromatic carbocycles. The molecule has 0 aliphatic carbocycles. The molecule has 3 aromatic rings. The number of ether oxygens (including phenoxy) is 1. The predicted molar refractivity (Wildman–Crippen MR) is 113 cm³/mol. The Labute approximate surface area is 171 Å². The number of nitrogens with zero attached hydrogens (tertiary/aromatic N) is 2. The highest BCUT2D eigenvalue weighted by Crippen LogP contribution is 2.35. The van der Waals surface area contributed by atoms with E-state index in [0.717, 1.165) is 34.7 Å². The van der Waals surface area contributed by atoms with Gasteiger partial charge < -0.3 is 9.72 Å². The normalized spacial score (nSPS) is 17.9. The van der Waals surface area contributed by atoms with E-state index in [9.17, 15) is 9.59 Å². The second-order valence-corrected chi connectivity index (χ2v) is 9.22. The minimum atomic E-state index is -0.127. The maximum atomic E-state index is 12.8. The smallest absolute Gasteiger partial charge is 0.310 e. The molecule has 4 heterocycles. The highest BCUT2D eigenvalue weighted by atomic mass is 32.1. The molecule has 1 aliphatic heterocycles. The van der Waals surface area contributed by atoms with E-state index in [1.807, 2.05) is 12.3 Å². The van der Waals surface area contributed by atoms with E-state index in [4.69, 9.17) is 9.72 Å². The number of H-pyrrole nitrogens is 1. The summed E-state index contributed by atoms with van der Waals surface area (Å²) < 4.78 is 5.17. The summed E-state index contributed by atoms with van der Waals surface area (Å²) >= 11 is 3.19. The number of likely N-dealkylation sites (tertiary alicyclic amines) is 1. The van der Waals surface area contributed by atoms with Crippen LogP contribution in [0.3, 0.4) is 0 Å². The first kappa shape index (κ1) is 19.3. The average molecular weight is 418 g/mol. The van der Waals surface area contributed by atoms with Gasteiger partial charge in [-0.15, -0.1) is 22.7 Å². The van der Waals surface area contributed by atoms with Crippen molar-refractivity contribution in [3.63, 3.8) is 0 Å². The van der Waals surface area contributed by atoms with Crippen LogP contribution < -0.4 is 5.56 Å². The van der Waals surface area contributed by atoms with Gasteiger partial charge in [-0.05, 0) is 45.4 Å². The van der Waals surface area contributed by atoms with Gasteiger partial charge in [0.2, 0.25) is 0 Å². The fourth-order valence-corrected chi connectivity index (χ4v) is 5.61. The van der Waals surface area contributed by atoms with E-state index in [1.54, 1.807) is 11.3 Å². The third-order valence-corrected chi connectivity index (χ3v) is 6.90. The number of fused-ring (bicyclic) bond motifs is 1. The van der Waals surface area contributed by atoms with Crippen molar-refractivity contribution in [1.29, 1.82) is 0 Å². The number of aromatic amines is 1. The third-order valence-electron chi connectivity index (χ3n) is 5.00. The molecule has 0 amide bonds. The van der Waals surface area contributed by atoms with Crippen molar-refractivity contribution in [3.8, 4) is 10.4 Å². The van der Waals surface area contributed by atoms with E-state index in [2.05, 4.69) is 28.9 Å². The SMILES string of the molecule is CCOC(=O)[C@H]1CCCN(Cc2nc3scc(-c4ccc(C)s4)c3c(=O)[nH]2)C1. The Morgan fingerprint density at radius 3 is 3.04 bits per heavy atom. The van der Waals surface area contributed by atoms with Crippen molar-refractivity contribution < 1.29 is 9.53 Å². The molecule has 6 nitrogen and oxygen atoms in total. The molecular formula is C20H23N3O3S2. The van der Waals surface area contributed by atoms with Crippen LogP contribution in [0.4, 0.5) is 0 Å². The number of hydrogen-bond donors (Lipinski definition) is 1. The number of aromatic nitrogens is 2. The minimum Gasteiger partial charge on any atom is -0.466 e. The molecule has 0 radical (unpaired) electrons. The molecule has 148 valence electrons. The highest BCUT2D eigenvalue weighted by molar-refractivity contribution is 7.19. The van der Waals surface area contributed by atoms with Crippen LogP contribution in [-0.2, 0) is 16.1 Å². The second kappa shape index (κ2) is 8.14. The summed E-state index contributed by atoms with van der Waals surface area (Å²) in [4.78, 5) is 37.7. The Hall–Kier alpha value is -2.03. The molecule has 8 heteroatoms. The minimum absolute atomic E-state index is 0.0961. The molecule has 0 saturated carbocycles. The number of piperidine rings is 1. The van der Waals surface area contributed by atoms with Gasteiger partial charge in [0.15, 0.2) is 0 Å². The lowest BCUT2D eigenvalue weighted by molar-refractivity contribution is -0.150. The van der Waals surface area contributed by atoms with Crippen LogP contribution in [0.1, 0.15) is 30.5 Å². The molecule has 3 aromatic heterocycles. The van der Waals surface area contributed by atoms with Gasteiger partial charge in [-0.1, -0.05) is 0 Å². The average Bonchev–Trinajstić information content (AvgIpc) is 3.28. The number of nitrogens with one attached hydrogen (secondary N) is 1. The van der Waals surface area contributed by atoms with Crippen molar-refractivity contribution in [2.24, 2.45) is 5.92 Å². The number of aryl methyl sites for hydroxylation is 1. The van der Waals surface area contributed by atoms with Gasteiger partial charge in [-0.2, -0.15) is 0 Å². The number of thiophene rings is 2. The van der Waals surface area contributed by atoms with Gasteiger partial charge in [0.05, 0.1) is 24.5 Å². The summed E-state index contributed by atoms with van der Waals surface area (Å²) in [5.41, 5.74) is 0.861. The summed E-state index contributed by atoms with van der Waals surface area (Å²) in [6, 6.07) is 4.12. The number of rotatable bonds is 5. The topological polar surface area (TPSA) is 75.3 Å². The Bertz CT molecular complexity index is 1050. The van der Waals surface area contributed by atoms with E-state index >= 15 is 0 Å². The summed E-state index contributed by atoms with van der Waals surface area (Å²) in [6.07, 6.45) is 1.80. The molecule has 0 bridgehead atoms. The molecule has 1 atom stereocenters. The third kappa shape index (κ3) is 3.90. The molecule has 1 fully saturated rings. The van der Waals surface area contributed by atoms with Gasteiger partial charge in [-0.25, -0.2) is 4.98 Å². The van der Waals surface area contributed by atoms with Gasteiger partial charge >= 0.3 is 5.97 Å². The van der Waals surface area contributed by atoms with Gasteiger partial charge in [0.25, 0.3) is 5.56 Å². The number of hydrogen-bond acceptors (Lipinski definition) is 7. The van der Waals surface area contributed by atoms with E-state index in [-0.39, 0.29) is 17.4 Å². The van der Waals surface area contributed by atoms with Crippen LogP contribution in [0.15, 0.2) is 22.3 Å². The molecular weight excluding hydrogens is 394 g/mol. The lowest BCUT2D eigenvalue weighted by atomic mass is 9.98. The Balaban J connectivity index is 1.55. The summed E-state index contributed by atoms with van der Waals surface area (Å²) in [5.74, 6) is 0.426. The Kier molecular flexibility index (Phi) is 5.61. The largest absolute Gasteiger partial charge is 0.466 e. The second-order valence-electron chi connectivity index (χ2n) is 7.08. The predicted octanol–water partition coefficient (Wildman–Crippen LogP) is 3.80. The van der Waals surface area contributed by atoms with Gasteiger partial charge in [0.1, 0.15) is 10.7 Å². The Morgan fingerprint density at radius 2 is 2.29 bits per heavy atom. The first-order valence-electron chi connectivity index (χ1n) is 9.51. The summed E-state index contributed by atoms with van der Waals surface area (Å²) in [6.45, 7) is 6.37. The van der Waals surface area contributed by atoms with Crippen molar-refractivity contribution in [2.45, 2.75) is 33.2 Å². The van der Waals surface area contributed by atoms with Crippen molar-refractivity contribution in [3.05, 3.63) is 38.6 Å². The molecule has 4 rings (SSSR count). The zero-order chi connectivity index (χ0) is 19.7. The van der Waals surface area contributed by atoms with Crippen LogP contribution >= 0.6 is 22.7 Å². The standard InChI is InChI=1S/C20H23N3O3S2/c1-3-26-20(25)13-5-4-8-23(9-13)10-16-21-18(24)17-14(11-27-19(17)22-16)15-7-6-12(2)28-15/h6-7,11,13H,3-5,8-10H2,1-2H3,(H,21,22,24)/t13-/m0/s1. The first-order valence-corrected chi connectivity index (χ1v) is 11.2. The number of carbonyl (C=O) groups is 1. The van der Waals surface area contributed by atoms with Crippen LogP contribution in [0.2, 0.25) is 0 Å². The maximum Gasteiger partial charge on any atom is 0.310 e. The molecule has 0 unspecified atom stereocenters. The molecule has 1 aliphatic rings. The molecule has 0 spiro atoms. The lowest BCUT2D eigenvalue weighted by Gasteiger charge is -2.30.